The van der Waals surface area contributed by atoms with Gasteiger partial charge in [0.1, 0.15) is 11.6 Å². The maximum Gasteiger partial charge on any atom is 0.323 e. The van der Waals surface area contributed by atoms with E-state index in [0.29, 0.717) is 5.92 Å². The van der Waals surface area contributed by atoms with E-state index in [1.807, 2.05) is 27.7 Å². The summed E-state index contributed by atoms with van der Waals surface area (Å²) in [5.41, 5.74) is -0.429. The van der Waals surface area contributed by atoms with Gasteiger partial charge in [-0.3, -0.25) is 9.69 Å². The van der Waals surface area contributed by atoms with Crippen LogP contribution in [0.25, 0.3) is 0 Å². The van der Waals surface area contributed by atoms with Crippen molar-refractivity contribution in [3.8, 4) is 0 Å². The Kier molecular flexibility index (Phi) is 4.33. The third-order valence-corrected chi connectivity index (χ3v) is 2.87. The van der Waals surface area contributed by atoms with Crippen molar-refractivity contribution in [2.45, 2.75) is 45.8 Å². The number of ether oxygens (including phenoxy) is 1. The van der Waals surface area contributed by atoms with Crippen LogP contribution in [0.5, 0.6) is 0 Å². The molecule has 0 radical (unpaired) electrons. The zero-order valence-corrected chi connectivity index (χ0v) is 10.7. The lowest BCUT2D eigenvalue weighted by Crippen LogP contribution is -2.41. The molecule has 0 spiro atoms. The van der Waals surface area contributed by atoms with Gasteiger partial charge in [0, 0.05) is 13.2 Å². The molecular formula is C12H23NO3. The molecule has 1 aliphatic rings. The number of nitrogens with zero attached hydrogens (tertiary/aromatic N) is 1. The van der Waals surface area contributed by atoms with Crippen LogP contribution in [0.2, 0.25) is 0 Å². The van der Waals surface area contributed by atoms with Crippen LogP contribution < -0.4 is 0 Å². The van der Waals surface area contributed by atoms with E-state index in [1.54, 1.807) is 0 Å². The summed E-state index contributed by atoms with van der Waals surface area (Å²) in [5.74, 6) is 0.135. The standard InChI is InChI=1S/C12H23NO3/c1-9(11(15)16-12(2,3)4)13-6-5-10(7-13)8-14/h9-10,14H,5-8H2,1-4H3. The molecule has 1 aliphatic heterocycles. The number of esters is 1. The van der Waals surface area contributed by atoms with E-state index in [-0.39, 0.29) is 18.6 Å². The Morgan fingerprint density at radius 1 is 1.56 bits per heavy atom. The van der Waals surface area contributed by atoms with Gasteiger partial charge in [-0.15, -0.1) is 0 Å². The number of aliphatic hydroxyl groups excluding tert-OH is 1. The zero-order valence-electron chi connectivity index (χ0n) is 10.7. The molecule has 1 fully saturated rings. The summed E-state index contributed by atoms with van der Waals surface area (Å²) in [5, 5.41) is 9.05. The molecule has 0 bridgehead atoms. The average Bonchev–Trinajstić information content (AvgIpc) is 2.61. The Labute approximate surface area is 97.6 Å². The van der Waals surface area contributed by atoms with Crippen LogP contribution in [-0.4, -0.2) is 47.3 Å². The van der Waals surface area contributed by atoms with Gasteiger partial charge in [0.2, 0.25) is 0 Å². The van der Waals surface area contributed by atoms with E-state index < -0.39 is 5.60 Å². The van der Waals surface area contributed by atoms with E-state index in [2.05, 4.69) is 4.90 Å². The lowest BCUT2D eigenvalue weighted by atomic mass is 10.1. The Hall–Kier alpha value is -0.610. The SMILES string of the molecule is CC(C(=O)OC(C)(C)C)N1CCC(CO)C1. The number of aliphatic hydroxyl groups is 1. The predicted molar refractivity (Wildman–Crippen MR) is 62.1 cm³/mol. The first kappa shape index (κ1) is 13.5. The summed E-state index contributed by atoms with van der Waals surface area (Å²) < 4.78 is 5.34. The molecule has 0 aromatic rings. The highest BCUT2D eigenvalue weighted by Gasteiger charge is 2.31. The topological polar surface area (TPSA) is 49.8 Å². The Balaban J connectivity index is 2.46. The summed E-state index contributed by atoms with van der Waals surface area (Å²) in [6.07, 6.45) is 0.962. The first-order valence-corrected chi connectivity index (χ1v) is 5.91. The Morgan fingerprint density at radius 2 is 2.19 bits per heavy atom. The van der Waals surface area contributed by atoms with Gasteiger partial charge < -0.3 is 9.84 Å². The highest BCUT2D eigenvalue weighted by Crippen LogP contribution is 2.19. The molecule has 94 valence electrons. The maximum absolute atomic E-state index is 11.8. The van der Waals surface area contributed by atoms with Crippen molar-refractivity contribution in [3.63, 3.8) is 0 Å². The van der Waals surface area contributed by atoms with Crippen LogP contribution in [0.3, 0.4) is 0 Å². The lowest BCUT2D eigenvalue weighted by molar-refractivity contribution is -0.160. The third kappa shape index (κ3) is 3.76. The number of carbonyl (C=O) groups is 1. The van der Waals surface area contributed by atoms with Crippen LogP contribution in [0.15, 0.2) is 0 Å². The molecule has 1 saturated heterocycles. The molecule has 4 heteroatoms. The molecular weight excluding hydrogens is 206 g/mol. The van der Waals surface area contributed by atoms with E-state index >= 15 is 0 Å². The molecule has 2 unspecified atom stereocenters. The summed E-state index contributed by atoms with van der Waals surface area (Å²) in [6.45, 7) is 9.35. The number of hydrogen-bond donors (Lipinski definition) is 1. The summed E-state index contributed by atoms with van der Waals surface area (Å²) >= 11 is 0. The summed E-state index contributed by atoms with van der Waals surface area (Å²) in [4.78, 5) is 13.9. The fourth-order valence-corrected chi connectivity index (χ4v) is 1.90. The van der Waals surface area contributed by atoms with Gasteiger partial charge >= 0.3 is 5.97 Å². The fourth-order valence-electron chi connectivity index (χ4n) is 1.90. The first-order valence-electron chi connectivity index (χ1n) is 5.91. The number of rotatable bonds is 3. The van der Waals surface area contributed by atoms with Gasteiger partial charge in [-0.2, -0.15) is 0 Å². The van der Waals surface area contributed by atoms with Crippen molar-refractivity contribution in [2.24, 2.45) is 5.92 Å². The van der Waals surface area contributed by atoms with Crippen LogP contribution in [0.1, 0.15) is 34.1 Å². The monoisotopic (exact) mass is 229 g/mol. The van der Waals surface area contributed by atoms with Gasteiger partial charge in [-0.1, -0.05) is 0 Å². The average molecular weight is 229 g/mol. The van der Waals surface area contributed by atoms with Gasteiger partial charge in [0.15, 0.2) is 0 Å². The van der Waals surface area contributed by atoms with E-state index in [9.17, 15) is 4.79 Å². The molecule has 1 rings (SSSR count). The minimum atomic E-state index is -0.429. The molecule has 0 aromatic heterocycles. The largest absolute Gasteiger partial charge is 0.459 e. The van der Waals surface area contributed by atoms with Crippen LogP contribution in [0, 0.1) is 5.92 Å². The molecule has 0 aromatic carbocycles. The highest BCUT2D eigenvalue weighted by atomic mass is 16.6. The van der Waals surface area contributed by atoms with Gasteiger partial charge in [-0.25, -0.2) is 0 Å². The zero-order chi connectivity index (χ0) is 12.3. The number of hydrogen-bond acceptors (Lipinski definition) is 4. The first-order chi connectivity index (χ1) is 7.33. The molecule has 1 heterocycles. The second-order valence-electron chi connectivity index (χ2n) is 5.54. The smallest absolute Gasteiger partial charge is 0.323 e. The quantitative estimate of drug-likeness (QED) is 0.734. The van der Waals surface area contributed by atoms with Gasteiger partial charge in [-0.05, 0) is 46.6 Å². The highest BCUT2D eigenvalue weighted by molar-refractivity contribution is 5.75. The van der Waals surface area contributed by atoms with Crippen molar-refractivity contribution >= 4 is 5.97 Å². The second-order valence-corrected chi connectivity index (χ2v) is 5.54. The number of likely N-dealkylation sites (tertiary alicyclic amines) is 1. The van der Waals surface area contributed by atoms with E-state index in [1.165, 1.54) is 0 Å². The molecule has 0 saturated carbocycles. The van der Waals surface area contributed by atoms with Crippen LogP contribution in [-0.2, 0) is 9.53 Å². The van der Waals surface area contributed by atoms with Crippen LogP contribution >= 0.6 is 0 Å². The number of carbonyl (C=O) groups excluding carboxylic acids is 1. The molecule has 16 heavy (non-hydrogen) atoms. The molecule has 1 N–H and O–H groups in total. The van der Waals surface area contributed by atoms with Crippen molar-refractivity contribution in [3.05, 3.63) is 0 Å². The molecule has 0 aliphatic carbocycles. The predicted octanol–water partition coefficient (Wildman–Crippen LogP) is 1.03. The van der Waals surface area contributed by atoms with Crippen molar-refractivity contribution in [1.82, 2.24) is 4.90 Å². The lowest BCUT2D eigenvalue weighted by Gasteiger charge is -2.27. The molecule has 4 nitrogen and oxygen atoms in total. The van der Waals surface area contributed by atoms with E-state index in [0.717, 1.165) is 19.5 Å². The maximum atomic E-state index is 11.8. The van der Waals surface area contributed by atoms with Crippen molar-refractivity contribution < 1.29 is 14.6 Å². The minimum absolute atomic E-state index is 0.175. The van der Waals surface area contributed by atoms with Crippen molar-refractivity contribution in [2.75, 3.05) is 19.7 Å². The van der Waals surface area contributed by atoms with Gasteiger partial charge in [0.25, 0.3) is 0 Å². The van der Waals surface area contributed by atoms with Gasteiger partial charge in [0.05, 0.1) is 0 Å². The molecule has 2 atom stereocenters. The third-order valence-electron chi connectivity index (χ3n) is 2.87. The van der Waals surface area contributed by atoms with Crippen molar-refractivity contribution in [1.29, 1.82) is 0 Å². The fraction of sp³-hybridized carbons (Fsp3) is 0.917. The summed E-state index contributed by atoms with van der Waals surface area (Å²) in [6, 6.07) is -0.212. The van der Waals surface area contributed by atoms with E-state index in [4.69, 9.17) is 9.84 Å². The second kappa shape index (κ2) is 5.15. The Morgan fingerprint density at radius 3 is 2.62 bits per heavy atom. The van der Waals surface area contributed by atoms with Crippen LogP contribution in [0.4, 0.5) is 0 Å². The Bertz CT molecular complexity index is 247. The molecule has 0 amide bonds. The summed E-state index contributed by atoms with van der Waals surface area (Å²) in [7, 11) is 0. The minimum Gasteiger partial charge on any atom is -0.459 e. The normalized spacial score (nSPS) is 24.4.